The summed E-state index contributed by atoms with van der Waals surface area (Å²) in [7, 11) is 1.67. The zero-order valence-electron chi connectivity index (χ0n) is 15.5. The van der Waals surface area contributed by atoms with Crippen LogP contribution in [0, 0.1) is 37.3 Å². The quantitative estimate of drug-likeness (QED) is 0.496. The van der Waals surface area contributed by atoms with Crippen molar-refractivity contribution in [1.82, 2.24) is 4.90 Å². The second-order valence-corrected chi connectivity index (χ2v) is 6.89. The van der Waals surface area contributed by atoms with E-state index < -0.39 is 31.8 Å². The first kappa shape index (κ1) is 22.0. The molecule has 0 radical (unpaired) electrons. The van der Waals surface area contributed by atoms with Crippen molar-refractivity contribution >= 4 is 28.7 Å². The maximum atomic E-state index is 11.3. The number of nitro benzene ring substituents is 3. The number of phenols is 1. The number of halogens is 1. The Kier molecular flexibility index (Phi) is 6.67. The molecule has 0 bridgehead atoms. The zero-order valence-corrected chi connectivity index (χ0v) is 16.3. The summed E-state index contributed by atoms with van der Waals surface area (Å²) < 4.78 is 0. The lowest BCUT2D eigenvalue weighted by molar-refractivity contribution is -0.404. The predicted octanol–water partition coefficient (Wildman–Crippen LogP) is 3.75. The second-order valence-electron chi connectivity index (χ2n) is 6.45. The average Bonchev–Trinajstić information content (AvgIpc) is 2.62. The zero-order chi connectivity index (χ0) is 21.9. The van der Waals surface area contributed by atoms with Crippen LogP contribution in [-0.2, 0) is 13.0 Å². The first-order chi connectivity index (χ1) is 13.5. The number of phenolic OH excluding ortho intramolecular Hbond substituents is 1. The van der Waals surface area contributed by atoms with E-state index in [0.29, 0.717) is 28.3 Å². The van der Waals surface area contributed by atoms with Crippen molar-refractivity contribution in [3.05, 3.63) is 76.3 Å². The van der Waals surface area contributed by atoms with E-state index in [9.17, 15) is 35.4 Å². The van der Waals surface area contributed by atoms with E-state index >= 15 is 0 Å². The Morgan fingerprint density at radius 3 is 2.03 bits per heavy atom. The van der Waals surface area contributed by atoms with E-state index in [1.165, 1.54) is 0 Å². The van der Waals surface area contributed by atoms with Crippen LogP contribution in [0.5, 0.6) is 5.75 Å². The van der Waals surface area contributed by atoms with Crippen LogP contribution in [0.2, 0.25) is 5.02 Å². The molecular weight excluding hydrogens is 408 g/mol. The van der Waals surface area contributed by atoms with Crippen molar-refractivity contribution in [2.24, 2.45) is 0 Å². The summed E-state index contributed by atoms with van der Waals surface area (Å²) in [6, 6.07) is 4.62. The van der Waals surface area contributed by atoms with Crippen molar-refractivity contribution in [3.63, 3.8) is 0 Å². The molecule has 154 valence electrons. The van der Waals surface area contributed by atoms with Crippen LogP contribution in [0.15, 0.2) is 24.3 Å². The van der Waals surface area contributed by atoms with Crippen LogP contribution in [0.4, 0.5) is 17.1 Å². The van der Waals surface area contributed by atoms with Crippen molar-refractivity contribution in [2.75, 3.05) is 13.6 Å². The summed E-state index contributed by atoms with van der Waals surface area (Å²) in [5.41, 5.74) is -1.17. The van der Waals surface area contributed by atoms with Gasteiger partial charge in [0.2, 0.25) is 0 Å². The number of nitro groups is 3. The summed E-state index contributed by atoms with van der Waals surface area (Å²) in [4.78, 5) is 32.6. The molecule has 0 heterocycles. The third kappa shape index (κ3) is 5.15. The number of nitrogens with zero attached hydrogens (tertiary/aromatic N) is 4. The van der Waals surface area contributed by atoms with Gasteiger partial charge in [-0.15, -0.1) is 0 Å². The monoisotopic (exact) mass is 424 g/mol. The summed E-state index contributed by atoms with van der Waals surface area (Å²) >= 11 is 6.00. The van der Waals surface area contributed by atoms with E-state index in [1.807, 2.05) is 0 Å². The lowest BCUT2D eigenvalue weighted by Crippen LogP contribution is -2.21. The molecule has 2 rings (SSSR count). The second kappa shape index (κ2) is 8.80. The van der Waals surface area contributed by atoms with Crippen LogP contribution in [-0.4, -0.2) is 38.4 Å². The Bertz CT molecular complexity index is 961. The molecule has 0 fully saturated rings. The van der Waals surface area contributed by atoms with Crippen molar-refractivity contribution in [1.29, 1.82) is 0 Å². The molecule has 1 N–H and O–H groups in total. The molecule has 0 atom stereocenters. The number of hydrogen-bond donors (Lipinski definition) is 1. The molecule has 0 amide bonds. The maximum absolute atomic E-state index is 11.3. The van der Waals surface area contributed by atoms with Gasteiger partial charge >= 0.3 is 0 Å². The minimum Gasteiger partial charge on any atom is -0.507 e. The smallest absolute Gasteiger partial charge is 0.286 e. The molecule has 29 heavy (non-hydrogen) atoms. The van der Waals surface area contributed by atoms with Crippen LogP contribution in [0.25, 0.3) is 0 Å². The molecular formula is C17H17ClN4O7. The van der Waals surface area contributed by atoms with Gasteiger partial charge in [-0.3, -0.25) is 30.3 Å². The van der Waals surface area contributed by atoms with Crippen molar-refractivity contribution in [3.8, 4) is 5.75 Å². The van der Waals surface area contributed by atoms with Gasteiger partial charge in [0.25, 0.3) is 17.1 Å². The van der Waals surface area contributed by atoms with Gasteiger partial charge in [-0.05, 0) is 38.1 Å². The fourth-order valence-electron chi connectivity index (χ4n) is 2.91. The Hall–Kier alpha value is -3.31. The number of likely N-dealkylation sites (N-methyl/N-ethyl adjacent to an activating group) is 1. The van der Waals surface area contributed by atoms with Crippen LogP contribution >= 0.6 is 11.6 Å². The summed E-state index contributed by atoms with van der Waals surface area (Å²) in [6.07, 6.45) is -0.0958. The molecule has 0 aliphatic rings. The van der Waals surface area contributed by atoms with Gasteiger partial charge in [0.1, 0.15) is 11.3 Å². The number of aromatic hydroxyl groups is 1. The first-order valence-corrected chi connectivity index (χ1v) is 8.65. The Morgan fingerprint density at radius 1 is 1.00 bits per heavy atom. The van der Waals surface area contributed by atoms with E-state index in [-0.39, 0.29) is 30.8 Å². The number of aryl methyl sites for hydroxylation is 1. The van der Waals surface area contributed by atoms with Crippen LogP contribution in [0.1, 0.15) is 16.7 Å². The van der Waals surface area contributed by atoms with Gasteiger partial charge in [-0.25, -0.2) is 0 Å². The van der Waals surface area contributed by atoms with E-state index in [0.717, 1.165) is 0 Å². The number of rotatable bonds is 8. The molecule has 0 unspecified atom stereocenters. The van der Waals surface area contributed by atoms with Crippen molar-refractivity contribution in [2.45, 2.75) is 19.9 Å². The lowest BCUT2D eigenvalue weighted by atomic mass is 10.1. The normalized spacial score (nSPS) is 10.9. The third-order valence-corrected chi connectivity index (χ3v) is 4.54. The topological polar surface area (TPSA) is 153 Å². The fraction of sp³-hybridized carbons (Fsp3) is 0.294. The lowest BCUT2D eigenvalue weighted by Gasteiger charge is -2.18. The average molecular weight is 425 g/mol. The van der Waals surface area contributed by atoms with Crippen LogP contribution < -0.4 is 0 Å². The molecule has 2 aromatic carbocycles. The van der Waals surface area contributed by atoms with Gasteiger partial charge < -0.3 is 10.0 Å². The maximum Gasteiger partial charge on any atom is 0.286 e. The highest BCUT2D eigenvalue weighted by atomic mass is 35.5. The molecule has 0 spiro atoms. The SMILES string of the molecule is Cc1cc(Cl)cc(CN(C)CCc2c([N+](=O)[O-])cc([N+](=O)[O-])cc2[N+](=O)[O-])c1O. The largest absolute Gasteiger partial charge is 0.507 e. The molecule has 11 nitrogen and oxygen atoms in total. The summed E-state index contributed by atoms with van der Waals surface area (Å²) in [5, 5.41) is 44.2. The van der Waals surface area contributed by atoms with E-state index in [4.69, 9.17) is 11.6 Å². The van der Waals surface area contributed by atoms with Gasteiger partial charge in [0.05, 0.1) is 26.9 Å². The standard InChI is InChI=1S/C17H17ClN4O7/c1-10-5-12(18)6-11(17(10)23)9-19(2)4-3-14-15(21(26)27)7-13(20(24)25)8-16(14)22(28)29/h5-8,23H,3-4,9H2,1-2H3. The molecule has 0 saturated carbocycles. The van der Waals surface area contributed by atoms with Gasteiger partial charge in [0.15, 0.2) is 0 Å². The number of benzene rings is 2. The molecule has 2 aromatic rings. The highest BCUT2D eigenvalue weighted by molar-refractivity contribution is 6.30. The minimum atomic E-state index is -0.917. The molecule has 0 aliphatic carbocycles. The van der Waals surface area contributed by atoms with E-state index in [2.05, 4.69) is 0 Å². The van der Waals surface area contributed by atoms with Gasteiger partial charge in [-0.1, -0.05) is 11.6 Å². The molecule has 12 heteroatoms. The molecule has 0 aromatic heterocycles. The predicted molar refractivity (Wildman–Crippen MR) is 104 cm³/mol. The summed E-state index contributed by atoms with van der Waals surface area (Å²) in [6.45, 7) is 2.08. The van der Waals surface area contributed by atoms with Crippen molar-refractivity contribution < 1.29 is 19.9 Å². The van der Waals surface area contributed by atoms with E-state index in [1.54, 1.807) is 31.0 Å². The molecule has 0 aliphatic heterocycles. The highest BCUT2D eigenvalue weighted by Crippen LogP contribution is 2.34. The minimum absolute atomic E-state index is 0.0635. The molecule has 0 saturated heterocycles. The number of hydrogen-bond acceptors (Lipinski definition) is 8. The van der Waals surface area contributed by atoms with Crippen LogP contribution in [0.3, 0.4) is 0 Å². The Balaban J connectivity index is 2.30. The fourth-order valence-corrected chi connectivity index (χ4v) is 3.21. The Morgan fingerprint density at radius 2 is 1.55 bits per heavy atom. The highest BCUT2D eigenvalue weighted by Gasteiger charge is 2.30. The number of non-ortho nitro benzene ring substituents is 1. The summed E-state index contributed by atoms with van der Waals surface area (Å²) in [5.74, 6) is 0.0635. The third-order valence-electron chi connectivity index (χ3n) is 4.32. The first-order valence-electron chi connectivity index (χ1n) is 8.28. The van der Waals surface area contributed by atoms with Gasteiger partial charge in [-0.2, -0.15) is 0 Å². The Labute approximate surface area is 169 Å². The van der Waals surface area contributed by atoms with Gasteiger partial charge in [0, 0.05) is 23.7 Å².